The van der Waals surface area contributed by atoms with E-state index in [2.05, 4.69) is 5.32 Å². The molecule has 1 unspecified atom stereocenters. The van der Waals surface area contributed by atoms with Crippen LogP contribution in [-0.4, -0.2) is 49.5 Å². The molecular formula is C14H19ClFN3O3. The fourth-order valence-electron chi connectivity index (χ4n) is 2.16. The van der Waals surface area contributed by atoms with Gasteiger partial charge in [-0.05, 0) is 6.07 Å². The third-order valence-corrected chi connectivity index (χ3v) is 3.29. The Bertz CT molecular complexity index is 530. The Labute approximate surface area is 134 Å². The normalized spacial score (nSPS) is 17.5. The summed E-state index contributed by atoms with van der Waals surface area (Å²) in [4.78, 5) is 24.6. The summed E-state index contributed by atoms with van der Waals surface area (Å²) in [5, 5.41) is 2.43. The van der Waals surface area contributed by atoms with Gasteiger partial charge in [0.25, 0.3) is 0 Å². The van der Waals surface area contributed by atoms with Crippen LogP contribution in [0.3, 0.4) is 0 Å². The van der Waals surface area contributed by atoms with Crippen molar-refractivity contribution < 1.29 is 18.7 Å². The first-order valence-corrected chi connectivity index (χ1v) is 6.72. The summed E-state index contributed by atoms with van der Waals surface area (Å²) in [5.74, 6) is -0.975. The van der Waals surface area contributed by atoms with Crippen LogP contribution in [-0.2, 0) is 14.3 Å². The standard InChI is InChI=1S/C14H18FN3O3.ClH/c15-11-4-2-1-3-10(11)12-9-18(5-6-21-12)14(20)8-17-13(19)7-16;/h1-4,12H,5-9,16H2,(H,17,19);1H. The fourth-order valence-corrected chi connectivity index (χ4v) is 2.16. The third-order valence-electron chi connectivity index (χ3n) is 3.29. The Balaban J connectivity index is 0.00000242. The van der Waals surface area contributed by atoms with Crippen molar-refractivity contribution in [1.82, 2.24) is 10.2 Å². The Hall–Kier alpha value is -1.70. The summed E-state index contributed by atoms with van der Waals surface area (Å²) < 4.78 is 19.3. The van der Waals surface area contributed by atoms with E-state index >= 15 is 0 Å². The van der Waals surface area contributed by atoms with Gasteiger partial charge in [0, 0.05) is 12.1 Å². The number of morpholine rings is 1. The van der Waals surface area contributed by atoms with E-state index in [1.165, 1.54) is 6.07 Å². The number of hydrogen-bond donors (Lipinski definition) is 2. The van der Waals surface area contributed by atoms with Gasteiger partial charge in [-0.3, -0.25) is 9.59 Å². The zero-order chi connectivity index (χ0) is 15.2. The second-order valence-electron chi connectivity index (χ2n) is 4.70. The number of ether oxygens (including phenoxy) is 1. The molecule has 122 valence electrons. The van der Waals surface area contributed by atoms with E-state index < -0.39 is 6.10 Å². The molecular weight excluding hydrogens is 313 g/mol. The van der Waals surface area contributed by atoms with Crippen LogP contribution in [0.2, 0.25) is 0 Å². The Morgan fingerprint density at radius 3 is 2.82 bits per heavy atom. The molecule has 1 aromatic rings. The first-order valence-electron chi connectivity index (χ1n) is 6.72. The molecule has 1 aromatic carbocycles. The van der Waals surface area contributed by atoms with Crippen LogP contribution in [0.25, 0.3) is 0 Å². The molecule has 0 aromatic heterocycles. The van der Waals surface area contributed by atoms with Gasteiger partial charge in [0.15, 0.2) is 0 Å². The summed E-state index contributed by atoms with van der Waals surface area (Å²) in [6, 6.07) is 6.34. The number of halogens is 2. The van der Waals surface area contributed by atoms with Gasteiger partial charge in [0.05, 0.1) is 26.2 Å². The maximum Gasteiger partial charge on any atom is 0.242 e. The third kappa shape index (κ3) is 4.66. The Morgan fingerprint density at radius 2 is 2.14 bits per heavy atom. The van der Waals surface area contributed by atoms with E-state index in [4.69, 9.17) is 10.5 Å². The molecule has 8 heteroatoms. The molecule has 6 nitrogen and oxygen atoms in total. The highest BCUT2D eigenvalue weighted by atomic mass is 35.5. The SMILES string of the molecule is Cl.NCC(=O)NCC(=O)N1CCOC(c2ccccc2F)C1. The van der Waals surface area contributed by atoms with Crippen molar-refractivity contribution >= 4 is 24.2 Å². The molecule has 22 heavy (non-hydrogen) atoms. The average Bonchev–Trinajstić information content (AvgIpc) is 2.52. The molecule has 2 amide bonds. The van der Waals surface area contributed by atoms with Gasteiger partial charge < -0.3 is 20.7 Å². The average molecular weight is 332 g/mol. The lowest BCUT2D eigenvalue weighted by atomic mass is 10.1. The molecule has 2 rings (SSSR count). The van der Waals surface area contributed by atoms with E-state index in [9.17, 15) is 14.0 Å². The van der Waals surface area contributed by atoms with Crippen molar-refractivity contribution in [2.75, 3.05) is 32.8 Å². The molecule has 0 radical (unpaired) electrons. The van der Waals surface area contributed by atoms with Crippen LogP contribution in [0.15, 0.2) is 24.3 Å². The van der Waals surface area contributed by atoms with E-state index in [-0.39, 0.29) is 49.7 Å². The molecule has 3 N–H and O–H groups in total. The molecule has 1 saturated heterocycles. The van der Waals surface area contributed by atoms with Crippen LogP contribution < -0.4 is 11.1 Å². The minimum atomic E-state index is -0.492. The molecule has 0 saturated carbocycles. The number of nitrogens with two attached hydrogens (primary N) is 1. The number of carbonyl (C=O) groups is 2. The predicted molar refractivity (Wildman–Crippen MR) is 81.0 cm³/mol. The van der Waals surface area contributed by atoms with Crippen molar-refractivity contribution in [2.45, 2.75) is 6.10 Å². The van der Waals surface area contributed by atoms with Crippen molar-refractivity contribution in [3.63, 3.8) is 0 Å². The van der Waals surface area contributed by atoms with Gasteiger partial charge >= 0.3 is 0 Å². The fraction of sp³-hybridized carbons (Fsp3) is 0.429. The molecule has 0 aliphatic carbocycles. The second-order valence-corrected chi connectivity index (χ2v) is 4.70. The van der Waals surface area contributed by atoms with Crippen molar-refractivity contribution in [3.05, 3.63) is 35.6 Å². The monoisotopic (exact) mass is 331 g/mol. The number of nitrogens with one attached hydrogen (secondary N) is 1. The maximum absolute atomic E-state index is 13.7. The van der Waals surface area contributed by atoms with Crippen LogP contribution in [0.5, 0.6) is 0 Å². The quantitative estimate of drug-likeness (QED) is 0.826. The molecule has 1 atom stereocenters. The highest BCUT2D eigenvalue weighted by Crippen LogP contribution is 2.24. The first-order chi connectivity index (χ1) is 10.1. The zero-order valence-electron chi connectivity index (χ0n) is 12.0. The van der Waals surface area contributed by atoms with Gasteiger partial charge in [0.2, 0.25) is 11.8 Å². The molecule has 1 heterocycles. The lowest BCUT2D eigenvalue weighted by Crippen LogP contribution is -2.47. The number of rotatable bonds is 4. The highest BCUT2D eigenvalue weighted by molar-refractivity contribution is 5.85. The molecule has 1 aliphatic rings. The molecule has 0 bridgehead atoms. The van der Waals surface area contributed by atoms with Crippen molar-refractivity contribution in [3.8, 4) is 0 Å². The minimum absolute atomic E-state index is 0. The molecule has 1 aliphatic heterocycles. The highest BCUT2D eigenvalue weighted by Gasteiger charge is 2.26. The van der Waals surface area contributed by atoms with Gasteiger partial charge in [-0.2, -0.15) is 0 Å². The number of amides is 2. The predicted octanol–water partition coefficient (Wildman–Crippen LogP) is 0.222. The Kier molecular flexibility index (Phi) is 7.23. The minimum Gasteiger partial charge on any atom is -0.370 e. The van der Waals surface area contributed by atoms with Gasteiger partial charge in [-0.25, -0.2) is 4.39 Å². The van der Waals surface area contributed by atoms with Crippen molar-refractivity contribution in [1.29, 1.82) is 0 Å². The number of hydrogen-bond acceptors (Lipinski definition) is 4. The summed E-state index contributed by atoms with van der Waals surface area (Å²) in [6.45, 7) is 0.740. The van der Waals surface area contributed by atoms with Crippen LogP contribution in [0.4, 0.5) is 4.39 Å². The number of benzene rings is 1. The first kappa shape index (κ1) is 18.3. The van der Waals surface area contributed by atoms with Crippen LogP contribution in [0.1, 0.15) is 11.7 Å². The summed E-state index contributed by atoms with van der Waals surface area (Å²) in [7, 11) is 0. The number of nitrogens with zero attached hydrogens (tertiary/aromatic N) is 1. The van der Waals surface area contributed by atoms with Gasteiger partial charge in [0.1, 0.15) is 11.9 Å². The van der Waals surface area contributed by atoms with Gasteiger partial charge in [-0.15, -0.1) is 12.4 Å². The van der Waals surface area contributed by atoms with Crippen molar-refractivity contribution in [2.24, 2.45) is 5.73 Å². The summed E-state index contributed by atoms with van der Waals surface area (Å²) in [5.41, 5.74) is 5.58. The lowest BCUT2D eigenvalue weighted by molar-refractivity contribution is -0.139. The van der Waals surface area contributed by atoms with E-state index in [0.29, 0.717) is 18.7 Å². The van der Waals surface area contributed by atoms with E-state index in [1.54, 1.807) is 23.1 Å². The lowest BCUT2D eigenvalue weighted by Gasteiger charge is -2.33. The smallest absolute Gasteiger partial charge is 0.242 e. The van der Waals surface area contributed by atoms with E-state index in [1.807, 2.05) is 0 Å². The Morgan fingerprint density at radius 1 is 1.41 bits per heavy atom. The van der Waals surface area contributed by atoms with Crippen LogP contribution >= 0.6 is 12.4 Å². The maximum atomic E-state index is 13.7. The van der Waals surface area contributed by atoms with Crippen LogP contribution in [0, 0.1) is 5.82 Å². The summed E-state index contributed by atoms with van der Waals surface area (Å²) in [6.07, 6.45) is -0.492. The van der Waals surface area contributed by atoms with E-state index in [0.717, 1.165) is 0 Å². The number of carbonyl (C=O) groups excluding carboxylic acids is 2. The largest absolute Gasteiger partial charge is 0.370 e. The molecule has 0 spiro atoms. The second kappa shape index (κ2) is 8.67. The molecule has 1 fully saturated rings. The zero-order valence-corrected chi connectivity index (χ0v) is 12.8. The topological polar surface area (TPSA) is 84.7 Å². The summed E-state index contributed by atoms with van der Waals surface area (Å²) >= 11 is 0. The van der Waals surface area contributed by atoms with Gasteiger partial charge in [-0.1, -0.05) is 18.2 Å².